The zero-order valence-corrected chi connectivity index (χ0v) is 18.8. The summed E-state index contributed by atoms with van der Waals surface area (Å²) < 4.78 is 0. The maximum absolute atomic E-state index is 12.3. The molecule has 1 aromatic heterocycles. The third-order valence-corrected chi connectivity index (χ3v) is 5.63. The Bertz CT molecular complexity index is 661. The lowest BCUT2D eigenvalue weighted by atomic mass is 9.88. The predicted octanol–water partition coefficient (Wildman–Crippen LogP) is 3.04. The normalized spacial score (nSPS) is 15.6. The van der Waals surface area contributed by atoms with E-state index in [1.165, 1.54) is 11.3 Å². The smallest absolute Gasteiger partial charge is 0.250 e. The predicted molar refractivity (Wildman–Crippen MR) is 112 cm³/mol. The molecule has 0 saturated carbocycles. The molecule has 0 saturated heterocycles. The van der Waals surface area contributed by atoms with E-state index in [2.05, 4.69) is 22.5 Å². The molecule has 0 aliphatic rings. The van der Waals surface area contributed by atoms with Gasteiger partial charge in [0.15, 0.2) is 5.13 Å². The molecule has 1 unspecified atom stereocenters. The number of aromatic nitrogens is 1. The van der Waals surface area contributed by atoms with Crippen molar-refractivity contribution < 1.29 is 19.8 Å². The molecular weight excluding hydrogens is 378 g/mol. The van der Waals surface area contributed by atoms with Crippen molar-refractivity contribution >= 4 is 28.3 Å². The Morgan fingerprint density at radius 3 is 2.32 bits per heavy atom. The van der Waals surface area contributed by atoms with Crippen LogP contribution in [-0.4, -0.2) is 44.8 Å². The third-order valence-electron chi connectivity index (χ3n) is 4.49. The number of carbonyl (C=O) groups excluding carboxylic acids is 2. The SMILES string of the molecule is CC(CCCC(C)(C)O)c1cnc(NC(=O)[C@H](C)NC(=O)[C@@H](O)C(C)(C)C)s1. The molecule has 7 nitrogen and oxygen atoms in total. The van der Waals surface area contributed by atoms with Crippen molar-refractivity contribution in [1.29, 1.82) is 0 Å². The number of nitrogens with zero attached hydrogens (tertiary/aromatic N) is 1. The minimum Gasteiger partial charge on any atom is -0.390 e. The molecule has 4 N–H and O–H groups in total. The van der Waals surface area contributed by atoms with E-state index in [-0.39, 0.29) is 11.8 Å². The van der Waals surface area contributed by atoms with Gasteiger partial charge in [0.25, 0.3) is 0 Å². The first-order valence-electron chi connectivity index (χ1n) is 9.68. The van der Waals surface area contributed by atoms with Gasteiger partial charge in [-0.3, -0.25) is 9.59 Å². The van der Waals surface area contributed by atoms with Crippen molar-refractivity contribution in [2.45, 2.75) is 91.4 Å². The Kier molecular flexibility index (Phi) is 8.59. The number of amides is 2. The Balaban J connectivity index is 2.55. The topological polar surface area (TPSA) is 112 Å². The van der Waals surface area contributed by atoms with E-state index in [1.807, 2.05) is 0 Å². The van der Waals surface area contributed by atoms with Crippen LogP contribution < -0.4 is 10.6 Å². The number of nitrogens with one attached hydrogen (secondary N) is 2. The van der Waals surface area contributed by atoms with Crippen LogP contribution in [0.15, 0.2) is 6.20 Å². The molecule has 3 atom stereocenters. The van der Waals surface area contributed by atoms with Crippen LogP contribution >= 0.6 is 11.3 Å². The Morgan fingerprint density at radius 1 is 1.18 bits per heavy atom. The monoisotopic (exact) mass is 413 g/mol. The van der Waals surface area contributed by atoms with Crippen LogP contribution in [-0.2, 0) is 9.59 Å². The number of rotatable bonds is 9. The van der Waals surface area contributed by atoms with Gasteiger partial charge in [-0.2, -0.15) is 0 Å². The number of thiazole rings is 1. The van der Waals surface area contributed by atoms with Crippen molar-refractivity contribution in [1.82, 2.24) is 10.3 Å². The molecule has 160 valence electrons. The molecule has 2 amide bonds. The molecule has 1 rings (SSSR count). The van der Waals surface area contributed by atoms with Gasteiger partial charge in [-0.25, -0.2) is 4.98 Å². The number of hydrogen-bond donors (Lipinski definition) is 4. The van der Waals surface area contributed by atoms with Gasteiger partial charge in [-0.05, 0) is 51.4 Å². The maximum Gasteiger partial charge on any atom is 0.250 e. The first kappa shape index (κ1) is 24.5. The summed E-state index contributed by atoms with van der Waals surface area (Å²) in [4.78, 5) is 29.7. The van der Waals surface area contributed by atoms with Crippen LogP contribution in [0.4, 0.5) is 5.13 Å². The molecule has 1 heterocycles. The summed E-state index contributed by atoms with van der Waals surface area (Å²) in [6, 6.07) is -0.791. The molecule has 0 aliphatic carbocycles. The quantitative estimate of drug-likeness (QED) is 0.497. The molecular formula is C20H35N3O4S. The fourth-order valence-electron chi connectivity index (χ4n) is 2.52. The highest BCUT2D eigenvalue weighted by Gasteiger charge is 2.30. The lowest BCUT2D eigenvalue weighted by Gasteiger charge is -2.26. The highest BCUT2D eigenvalue weighted by Crippen LogP contribution is 2.30. The van der Waals surface area contributed by atoms with Gasteiger partial charge in [-0.15, -0.1) is 11.3 Å². The molecule has 8 heteroatoms. The van der Waals surface area contributed by atoms with Gasteiger partial charge in [0.1, 0.15) is 12.1 Å². The van der Waals surface area contributed by atoms with E-state index < -0.39 is 29.1 Å². The van der Waals surface area contributed by atoms with Crippen molar-refractivity contribution in [2.24, 2.45) is 5.41 Å². The average Bonchev–Trinajstić information content (AvgIpc) is 3.00. The van der Waals surface area contributed by atoms with Gasteiger partial charge in [0.2, 0.25) is 11.8 Å². The molecule has 0 spiro atoms. The summed E-state index contributed by atoms with van der Waals surface area (Å²) in [7, 11) is 0. The first-order valence-corrected chi connectivity index (χ1v) is 10.5. The number of aliphatic hydroxyl groups excluding tert-OH is 1. The van der Waals surface area contributed by atoms with Crippen LogP contribution in [0.1, 0.15) is 78.5 Å². The second-order valence-electron chi connectivity index (χ2n) is 9.16. The molecule has 1 aromatic rings. The fourth-order valence-corrected chi connectivity index (χ4v) is 3.42. The van der Waals surface area contributed by atoms with Crippen molar-refractivity contribution in [3.63, 3.8) is 0 Å². The Morgan fingerprint density at radius 2 is 1.79 bits per heavy atom. The van der Waals surface area contributed by atoms with Gasteiger partial charge < -0.3 is 20.8 Å². The van der Waals surface area contributed by atoms with Crippen LogP contribution in [0.3, 0.4) is 0 Å². The van der Waals surface area contributed by atoms with E-state index >= 15 is 0 Å². The summed E-state index contributed by atoms with van der Waals surface area (Å²) in [5.41, 5.74) is -1.26. The highest BCUT2D eigenvalue weighted by molar-refractivity contribution is 7.15. The highest BCUT2D eigenvalue weighted by atomic mass is 32.1. The van der Waals surface area contributed by atoms with Crippen LogP contribution in [0.5, 0.6) is 0 Å². The second-order valence-corrected chi connectivity index (χ2v) is 10.2. The number of aliphatic hydroxyl groups is 2. The van der Waals surface area contributed by atoms with Crippen molar-refractivity contribution in [3.8, 4) is 0 Å². The Labute approximate surface area is 172 Å². The summed E-state index contributed by atoms with van der Waals surface area (Å²) in [5.74, 6) is -0.676. The molecule has 0 bridgehead atoms. The van der Waals surface area contributed by atoms with Crippen LogP contribution in [0, 0.1) is 5.41 Å². The third kappa shape index (κ3) is 8.24. The van der Waals surface area contributed by atoms with Crippen LogP contribution in [0.2, 0.25) is 0 Å². The average molecular weight is 414 g/mol. The maximum atomic E-state index is 12.3. The standard InChI is InChI=1S/C20H35N3O4S/c1-12(9-8-10-20(6,7)27)14-11-21-18(28-14)23-16(25)13(2)22-17(26)15(24)19(3,4)5/h11-13,15,24,27H,8-10H2,1-7H3,(H,22,26)(H,21,23,25)/t12?,13-,15+/m0/s1. The van der Waals surface area contributed by atoms with Crippen LogP contribution in [0.25, 0.3) is 0 Å². The molecule has 0 aromatic carbocycles. The largest absolute Gasteiger partial charge is 0.390 e. The summed E-state index contributed by atoms with van der Waals surface area (Å²) in [5, 5.41) is 25.5. The first-order chi connectivity index (χ1) is 12.7. The molecule has 0 radical (unpaired) electrons. The summed E-state index contributed by atoms with van der Waals surface area (Å²) in [6.45, 7) is 12.5. The van der Waals surface area contributed by atoms with E-state index in [1.54, 1.807) is 47.7 Å². The summed E-state index contributed by atoms with van der Waals surface area (Å²) >= 11 is 1.41. The Hall–Kier alpha value is -1.51. The zero-order valence-electron chi connectivity index (χ0n) is 18.0. The number of hydrogen-bond acceptors (Lipinski definition) is 6. The number of carbonyl (C=O) groups is 2. The van der Waals surface area contributed by atoms with Crippen molar-refractivity contribution in [2.75, 3.05) is 5.32 Å². The molecule has 0 aliphatic heterocycles. The van der Waals surface area contributed by atoms with Gasteiger partial charge in [0.05, 0.1) is 5.60 Å². The fraction of sp³-hybridized carbons (Fsp3) is 0.750. The van der Waals surface area contributed by atoms with Crippen molar-refractivity contribution in [3.05, 3.63) is 11.1 Å². The lowest BCUT2D eigenvalue weighted by molar-refractivity contribution is -0.137. The van der Waals surface area contributed by atoms with E-state index in [9.17, 15) is 19.8 Å². The molecule has 0 fully saturated rings. The van der Waals surface area contributed by atoms with E-state index in [0.717, 1.165) is 24.1 Å². The van der Waals surface area contributed by atoms with E-state index in [4.69, 9.17) is 0 Å². The second kappa shape index (κ2) is 9.80. The van der Waals surface area contributed by atoms with Gasteiger partial charge in [0, 0.05) is 11.1 Å². The lowest BCUT2D eigenvalue weighted by Crippen LogP contribution is -2.49. The van der Waals surface area contributed by atoms with E-state index in [0.29, 0.717) is 5.13 Å². The molecule has 28 heavy (non-hydrogen) atoms. The van der Waals surface area contributed by atoms with Gasteiger partial charge >= 0.3 is 0 Å². The summed E-state index contributed by atoms with van der Waals surface area (Å²) in [6.07, 6.45) is 3.12. The minimum atomic E-state index is -1.20. The van der Waals surface area contributed by atoms with Gasteiger partial charge in [-0.1, -0.05) is 27.7 Å². The minimum absolute atomic E-state index is 0.282. The zero-order chi connectivity index (χ0) is 21.7. The number of anilines is 1.